The maximum Gasteiger partial charge on any atom is 0.319 e. The lowest BCUT2D eigenvalue weighted by Gasteiger charge is -2.21. The van der Waals surface area contributed by atoms with Gasteiger partial charge >= 0.3 is 6.03 Å². The number of hydrogen-bond acceptors (Lipinski definition) is 4. The van der Waals surface area contributed by atoms with Crippen LogP contribution in [-0.2, 0) is 6.54 Å². The smallest absolute Gasteiger partial charge is 0.319 e. The average Bonchev–Trinajstić information content (AvgIpc) is 3.04. The standard InChI is InChI=1S/C23H31N5O2/c1-3-24-22(29)19-10-8-17(2)20(14-19)27-23(30)26-16-18-9-11-21(25-15-18)28-12-6-4-5-7-13-28/h8-11,14-15H,3-7,12-13,16H2,1-2H3,(H,24,29)(H2,26,27,30). The number of carbonyl (C=O) groups is 2. The number of benzene rings is 1. The van der Waals surface area contributed by atoms with Crippen LogP contribution < -0.4 is 20.9 Å². The van der Waals surface area contributed by atoms with E-state index in [1.807, 2.05) is 38.2 Å². The molecular formula is C23H31N5O2. The van der Waals surface area contributed by atoms with Gasteiger partial charge in [-0.3, -0.25) is 4.79 Å². The lowest BCUT2D eigenvalue weighted by molar-refractivity contribution is 0.0956. The molecule has 0 spiro atoms. The molecule has 3 rings (SSSR count). The summed E-state index contributed by atoms with van der Waals surface area (Å²) in [5.41, 5.74) is 2.97. The van der Waals surface area contributed by atoms with Gasteiger partial charge < -0.3 is 20.9 Å². The summed E-state index contributed by atoms with van der Waals surface area (Å²) in [7, 11) is 0. The van der Waals surface area contributed by atoms with Crippen molar-refractivity contribution in [2.24, 2.45) is 0 Å². The number of carbonyl (C=O) groups excluding carboxylic acids is 2. The second kappa shape index (κ2) is 10.6. The number of hydrogen-bond donors (Lipinski definition) is 3. The third kappa shape index (κ3) is 5.95. The van der Waals surface area contributed by atoms with Crippen molar-refractivity contribution in [1.82, 2.24) is 15.6 Å². The van der Waals surface area contributed by atoms with Gasteiger partial charge in [0, 0.05) is 43.6 Å². The fraction of sp³-hybridized carbons (Fsp3) is 0.435. The fourth-order valence-corrected chi connectivity index (χ4v) is 3.52. The molecule has 0 radical (unpaired) electrons. The molecule has 1 aromatic heterocycles. The van der Waals surface area contributed by atoms with Gasteiger partial charge in [0.05, 0.1) is 0 Å². The molecule has 2 heterocycles. The van der Waals surface area contributed by atoms with E-state index in [4.69, 9.17) is 0 Å². The van der Waals surface area contributed by atoms with Crippen molar-refractivity contribution in [3.8, 4) is 0 Å². The Balaban J connectivity index is 1.54. The first kappa shape index (κ1) is 21.6. The van der Waals surface area contributed by atoms with Crippen LogP contribution in [-0.4, -0.2) is 36.6 Å². The molecule has 1 aliphatic rings. The number of nitrogens with one attached hydrogen (secondary N) is 3. The molecule has 0 bridgehead atoms. The maximum absolute atomic E-state index is 12.3. The summed E-state index contributed by atoms with van der Waals surface area (Å²) in [5, 5.41) is 8.44. The van der Waals surface area contributed by atoms with Crippen molar-refractivity contribution >= 4 is 23.4 Å². The van der Waals surface area contributed by atoms with Gasteiger partial charge in [-0.25, -0.2) is 9.78 Å². The van der Waals surface area contributed by atoms with Gasteiger partial charge in [0.25, 0.3) is 5.91 Å². The van der Waals surface area contributed by atoms with Gasteiger partial charge in [0.1, 0.15) is 5.82 Å². The molecule has 1 fully saturated rings. The second-order valence-electron chi connectivity index (χ2n) is 7.62. The highest BCUT2D eigenvalue weighted by Gasteiger charge is 2.12. The Kier molecular flexibility index (Phi) is 7.65. The molecule has 30 heavy (non-hydrogen) atoms. The Bertz CT molecular complexity index is 858. The first-order valence-corrected chi connectivity index (χ1v) is 10.7. The fourth-order valence-electron chi connectivity index (χ4n) is 3.52. The zero-order valence-electron chi connectivity index (χ0n) is 17.8. The number of pyridine rings is 1. The molecule has 0 atom stereocenters. The highest BCUT2D eigenvalue weighted by Crippen LogP contribution is 2.18. The lowest BCUT2D eigenvalue weighted by Crippen LogP contribution is -2.29. The van der Waals surface area contributed by atoms with Crippen molar-refractivity contribution < 1.29 is 9.59 Å². The molecule has 7 heteroatoms. The summed E-state index contributed by atoms with van der Waals surface area (Å²) in [6.07, 6.45) is 6.83. The first-order valence-electron chi connectivity index (χ1n) is 10.7. The SMILES string of the molecule is CCNC(=O)c1ccc(C)c(NC(=O)NCc2ccc(N3CCCCCC3)nc2)c1. The van der Waals surface area contributed by atoms with Gasteiger partial charge in [0.15, 0.2) is 0 Å². The molecular weight excluding hydrogens is 378 g/mol. The van der Waals surface area contributed by atoms with Crippen molar-refractivity contribution in [2.75, 3.05) is 29.9 Å². The normalized spacial score (nSPS) is 14.0. The van der Waals surface area contributed by atoms with Gasteiger partial charge in [-0.1, -0.05) is 25.0 Å². The molecule has 7 nitrogen and oxygen atoms in total. The van der Waals surface area contributed by atoms with Gasteiger partial charge in [-0.15, -0.1) is 0 Å². The van der Waals surface area contributed by atoms with E-state index in [0.29, 0.717) is 24.3 Å². The van der Waals surface area contributed by atoms with E-state index in [1.165, 1.54) is 25.7 Å². The highest BCUT2D eigenvalue weighted by atomic mass is 16.2. The Morgan fingerprint density at radius 3 is 2.47 bits per heavy atom. The van der Waals surface area contributed by atoms with Crippen LogP contribution in [0.1, 0.15) is 54.1 Å². The van der Waals surface area contributed by atoms with Gasteiger partial charge in [0.2, 0.25) is 0 Å². The summed E-state index contributed by atoms with van der Waals surface area (Å²) in [5.74, 6) is 0.847. The third-order valence-electron chi connectivity index (χ3n) is 5.28. The van der Waals surface area contributed by atoms with E-state index in [-0.39, 0.29) is 11.9 Å². The van der Waals surface area contributed by atoms with E-state index in [0.717, 1.165) is 30.0 Å². The first-order chi connectivity index (χ1) is 14.6. The minimum Gasteiger partial charge on any atom is -0.357 e. The van der Waals surface area contributed by atoms with Crippen LogP contribution >= 0.6 is 0 Å². The Morgan fingerprint density at radius 1 is 1.03 bits per heavy atom. The number of rotatable bonds is 6. The summed E-state index contributed by atoms with van der Waals surface area (Å²) >= 11 is 0. The van der Waals surface area contributed by atoms with E-state index < -0.39 is 0 Å². The highest BCUT2D eigenvalue weighted by molar-refractivity contribution is 5.97. The van der Waals surface area contributed by atoms with Crippen LogP contribution in [0.25, 0.3) is 0 Å². The molecule has 3 amide bonds. The second-order valence-corrected chi connectivity index (χ2v) is 7.62. The summed E-state index contributed by atoms with van der Waals surface area (Å²) in [6.45, 7) is 6.81. The van der Waals surface area contributed by atoms with Crippen LogP contribution in [0.4, 0.5) is 16.3 Å². The number of aromatic nitrogens is 1. The molecule has 0 aliphatic carbocycles. The van der Waals surface area contributed by atoms with Crippen molar-refractivity contribution in [1.29, 1.82) is 0 Å². The molecule has 3 N–H and O–H groups in total. The largest absolute Gasteiger partial charge is 0.357 e. The topological polar surface area (TPSA) is 86.4 Å². The minimum absolute atomic E-state index is 0.156. The molecule has 1 aliphatic heterocycles. The zero-order valence-corrected chi connectivity index (χ0v) is 17.8. The maximum atomic E-state index is 12.3. The number of aryl methyl sites for hydroxylation is 1. The number of anilines is 2. The summed E-state index contributed by atoms with van der Waals surface area (Å²) in [4.78, 5) is 31.3. The van der Waals surface area contributed by atoms with E-state index >= 15 is 0 Å². The average molecular weight is 410 g/mol. The minimum atomic E-state index is -0.317. The molecule has 160 valence electrons. The van der Waals surface area contributed by atoms with E-state index in [9.17, 15) is 9.59 Å². The number of urea groups is 1. The van der Waals surface area contributed by atoms with Crippen molar-refractivity contribution in [3.05, 3.63) is 53.2 Å². The molecule has 0 unspecified atom stereocenters. The Morgan fingerprint density at radius 2 is 1.80 bits per heavy atom. The monoisotopic (exact) mass is 409 g/mol. The van der Waals surface area contributed by atoms with Crippen LogP contribution in [0.5, 0.6) is 0 Å². The van der Waals surface area contributed by atoms with E-state index in [1.54, 1.807) is 12.1 Å². The van der Waals surface area contributed by atoms with Crippen LogP contribution in [0.3, 0.4) is 0 Å². The number of amides is 3. The molecule has 1 saturated heterocycles. The van der Waals surface area contributed by atoms with Crippen molar-refractivity contribution in [2.45, 2.75) is 46.1 Å². The van der Waals surface area contributed by atoms with E-state index in [2.05, 4.69) is 25.8 Å². The third-order valence-corrected chi connectivity index (χ3v) is 5.28. The Hall–Kier alpha value is -3.09. The van der Waals surface area contributed by atoms with Crippen LogP contribution in [0.2, 0.25) is 0 Å². The Labute approximate surface area is 178 Å². The molecule has 1 aromatic carbocycles. The number of nitrogens with zero attached hydrogens (tertiary/aromatic N) is 2. The lowest BCUT2D eigenvalue weighted by atomic mass is 10.1. The van der Waals surface area contributed by atoms with Gasteiger partial charge in [-0.05, 0) is 56.0 Å². The summed E-state index contributed by atoms with van der Waals surface area (Å²) in [6, 6.07) is 8.99. The summed E-state index contributed by atoms with van der Waals surface area (Å²) < 4.78 is 0. The zero-order chi connectivity index (χ0) is 21.3. The molecule has 0 saturated carbocycles. The van der Waals surface area contributed by atoms with Crippen LogP contribution in [0, 0.1) is 6.92 Å². The molecule has 2 aromatic rings. The predicted octanol–water partition coefficient (Wildman–Crippen LogP) is 3.84. The van der Waals surface area contributed by atoms with Gasteiger partial charge in [-0.2, -0.15) is 0 Å². The predicted molar refractivity (Wildman–Crippen MR) is 120 cm³/mol. The quantitative estimate of drug-likeness (QED) is 0.677. The van der Waals surface area contributed by atoms with Crippen molar-refractivity contribution in [3.63, 3.8) is 0 Å². The van der Waals surface area contributed by atoms with Crippen LogP contribution in [0.15, 0.2) is 36.5 Å².